The zero-order chi connectivity index (χ0) is 13.8. The SMILES string of the molecule is CCn1c(Sc2c(Cl)cccc2CCN)n[nH]c1=O. The average Bonchev–Trinajstić information content (AvgIpc) is 2.74. The van der Waals surface area contributed by atoms with Crippen LogP contribution < -0.4 is 11.4 Å². The van der Waals surface area contributed by atoms with Gasteiger partial charge in [0.25, 0.3) is 0 Å². The summed E-state index contributed by atoms with van der Waals surface area (Å²) in [7, 11) is 0. The number of halogens is 1. The lowest BCUT2D eigenvalue weighted by molar-refractivity contribution is 0.660. The Labute approximate surface area is 120 Å². The van der Waals surface area contributed by atoms with Crippen LogP contribution >= 0.6 is 23.4 Å². The smallest absolute Gasteiger partial charge is 0.330 e. The molecule has 0 bridgehead atoms. The summed E-state index contributed by atoms with van der Waals surface area (Å²) >= 11 is 7.62. The van der Waals surface area contributed by atoms with E-state index in [0.29, 0.717) is 23.3 Å². The zero-order valence-corrected chi connectivity index (χ0v) is 12.1. The second-order valence-electron chi connectivity index (χ2n) is 3.92. The van der Waals surface area contributed by atoms with Crippen molar-refractivity contribution in [2.24, 2.45) is 5.73 Å². The molecule has 0 aliphatic carbocycles. The Balaban J connectivity index is 2.39. The topological polar surface area (TPSA) is 76.7 Å². The number of H-pyrrole nitrogens is 1. The maximum Gasteiger partial charge on any atom is 0.343 e. The van der Waals surface area contributed by atoms with E-state index in [9.17, 15) is 4.79 Å². The van der Waals surface area contributed by atoms with Crippen molar-refractivity contribution in [2.45, 2.75) is 29.9 Å². The van der Waals surface area contributed by atoms with Gasteiger partial charge in [-0.2, -0.15) is 0 Å². The Morgan fingerprint density at radius 1 is 1.53 bits per heavy atom. The van der Waals surface area contributed by atoms with Crippen molar-refractivity contribution in [3.8, 4) is 0 Å². The normalized spacial score (nSPS) is 10.9. The predicted octanol–water partition coefficient (Wildman–Crippen LogP) is 1.90. The minimum Gasteiger partial charge on any atom is -0.330 e. The zero-order valence-electron chi connectivity index (χ0n) is 10.5. The molecule has 5 nitrogen and oxygen atoms in total. The molecule has 0 saturated carbocycles. The summed E-state index contributed by atoms with van der Waals surface area (Å²) in [4.78, 5) is 12.4. The lowest BCUT2D eigenvalue weighted by atomic mass is 10.1. The van der Waals surface area contributed by atoms with E-state index in [1.165, 1.54) is 11.8 Å². The lowest BCUT2D eigenvalue weighted by Crippen LogP contribution is -2.16. The molecule has 0 atom stereocenters. The van der Waals surface area contributed by atoms with Crippen molar-refractivity contribution < 1.29 is 0 Å². The summed E-state index contributed by atoms with van der Waals surface area (Å²) < 4.78 is 1.57. The Morgan fingerprint density at radius 2 is 2.32 bits per heavy atom. The van der Waals surface area contributed by atoms with Crippen molar-refractivity contribution in [2.75, 3.05) is 6.54 Å². The molecule has 0 amide bonds. The highest BCUT2D eigenvalue weighted by Gasteiger charge is 2.13. The predicted molar refractivity (Wildman–Crippen MR) is 76.9 cm³/mol. The molecule has 2 aromatic rings. The van der Waals surface area contributed by atoms with Crippen molar-refractivity contribution in [3.63, 3.8) is 0 Å². The fraction of sp³-hybridized carbons (Fsp3) is 0.333. The van der Waals surface area contributed by atoms with Gasteiger partial charge in [-0.15, -0.1) is 5.10 Å². The van der Waals surface area contributed by atoms with Crippen LogP contribution in [0.2, 0.25) is 5.02 Å². The van der Waals surface area contributed by atoms with Crippen molar-refractivity contribution in [3.05, 3.63) is 39.3 Å². The van der Waals surface area contributed by atoms with Gasteiger partial charge in [0, 0.05) is 11.4 Å². The molecule has 3 N–H and O–H groups in total. The van der Waals surface area contributed by atoms with Gasteiger partial charge in [0.15, 0.2) is 5.16 Å². The van der Waals surface area contributed by atoms with Gasteiger partial charge in [-0.25, -0.2) is 9.89 Å². The third kappa shape index (κ3) is 3.02. The van der Waals surface area contributed by atoms with Crippen LogP contribution in [0.4, 0.5) is 0 Å². The van der Waals surface area contributed by atoms with Crippen LogP contribution in [-0.2, 0) is 13.0 Å². The monoisotopic (exact) mass is 298 g/mol. The minimum atomic E-state index is -0.211. The van der Waals surface area contributed by atoms with E-state index in [1.807, 2.05) is 25.1 Å². The number of nitrogens with two attached hydrogens (primary N) is 1. The van der Waals surface area contributed by atoms with E-state index in [4.69, 9.17) is 17.3 Å². The molecule has 2 rings (SSSR count). The molecular weight excluding hydrogens is 284 g/mol. The molecule has 0 saturated heterocycles. The van der Waals surface area contributed by atoms with Crippen molar-refractivity contribution in [1.29, 1.82) is 0 Å². The molecule has 0 radical (unpaired) electrons. The summed E-state index contributed by atoms with van der Waals surface area (Å²) in [5.41, 5.74) is 6.46. The summed E-state index contributed by atoms with van der Waals surface area (Å²) in [6.07, 6.45) is 0.740. The standard InChI is InChI=1S/C12H15ClN4OS/c1-2-17-11(18)15-16-12(17)19-10-8(6-7-14)4-3-5-9(10)13/h3-5H,2,6-7,14H2,1H3,(H,15,18). The summed E-state index contributed by atoms with van der Waals surface area (Å²) in [5.74, 6) is 0. The van der Waals surface area contributed by atoms with Crippen LogP contribution in [0.25, 0.3) is 0 Å². The van der Waals surface area contributed by atoms with E-state index in [1.54, 1.807) is 4.57 Å². The molecule has 19 heavy (non-hydrogen) atoms. The van der Waals surface area contributed by atoms with E-state index in [2.05, 4.69) is 10.2 Å². The number of aromatic nitrogens is 3. The number of hydrogen-bond donors (Lipinski definition) is 2. The highest BCUT2D eigenvalue weighted by atomic mass is 35.5. The molecule has 0 fully saturated rings. The largest absolute Gasteiger partial charge is 0.343 e. The van der Waals surface area contributed by atoms with Gasteiger partial charge in [-0.1, -0.05) is 23.7 Å². The third-order valence-corrected chi connectivity index (χ3v) is 4.30. The van der Waals surface area contributed by atoms with Gasteiger partial charge in [0.2, 0.25) is 0 Å². The molecule has 0 aliphatic rings. The van der Waals surface area contributed by atoms with E-state index in [0.717, 1.165) is 16.9 Å². The minimum absolute atomic E-state index is 0.211. The molecule has 1 aromatic heterocycles. The Bertz CT molecular complexity index is 622. The molecule has 102 valence electrons. The van der Waals surface area contributed by atoms with Gasteiger partial charge in [0.1, 0.15) is 0 Å². The number of benzene rings is 1. The van der Waals surface area contributed by atoms with Gasteiger partial charge in [-0.05, 0) is 43.3 Å². The maximum atomic E-state index is 11.5. The van der Waals surface area contributed by atoms with Crippen molar-refractivity contribution >= 4 is 23.4 Å². The highest BCUT2D eigenvalue weighted by Crippen LogP contribution is 2.34. The second kappa shape index (κ2) is 6.27. The van der Waals surface area contributed by atoms with Crippen LogP contribution in [0.15, 0.2) is 33.0 Å². The number of nitrogens with zero attached hydrogens (tertiary/aromatic N) is 2. The van der Waals surface area contributed by atoms with Crippen LogP contribution in [0, 0.1) is 0 Å². The third-order valence-electron chi connectivity index (χ3n) is 2.70. The first-order chi connectivity index (χ1) is 9.17. The van der Waals surface area contributed by atoms with Crippen LogP contribution in [-0.4, -0.2) is 21.3 Å². The maximum absolute atomic E-state index is 11.5. The van der Waals surface area contributed by atoms with Crippen LogP contribution in [0.5, 0.6) is 0 Å². The summed E-state index contributed by atoms with van der Waals surface area (Å²) in [5, 5.41) is 7.73. The average molecular weight is 299 g/mol. The molecule has 7 heteroatoms. The Kier molecular flexibility index (Phi) is 4.68. The van der Waals surface area contributed by atoms with E-state index >= 15 is 0 Å². The summed E-state index contributed by atoms with van der Waals surface area (Å²) in [6.45, 7) is 3.01. The molecule has 1 aromatic carbocycles. The summed E-state index contributed by atoms with van der Waals surface area (Å²) in [6, 6.07) is 5.71. The Morgan fingerprint density at radius 3 is 3.00 bits per heavy atom. The first-order valence-electron chi connectivity index (χ1n) is 5.97. The van der Waals surface area contributed by atoms with Crippen LogP contribution in [0.3, 0.4) is 0 Å². The first-order valence-corrected chi connectivity index (χ1v) is 7.17. The van der Waals surface area contributed by atoms with Crippen molar-refractivity contribution in [1.82, 2.24) is 14.8 Å². The Hall–Kier alpha value is -1.24. The molecule has 0 spiro atoms. The van der Waals surface area contributed by atoms with E-state index < -0.39 is 0 Å². The number of aromatic amines is 1. The van der Waals surface area contributed by atoms with Gasteiger partial charge in [0.05, 0.1) is 5.02 Å². The van der Waals surface area contributed by atoms with Gasteiger partial charge in [-0.3, -0.25) is 4.57 Å². The second-order valence-corrected chi connectivity index (χ2v) is 5.31. The quantitative estimate of drug-likeness (QED) is 0.884. The molecule has 0 unspecified atom stereocenters. The van der Waals surface area contributed by atoms with Gasteiger partial charge >= 0.3 is 5.69 Å². The fourth-order valence-electron chi connectivity index (χ4n) is 1.77. The number of hydrogen-bond acceptors (Lipinski definition) is 4. The van der Waals surface area contributed by atoms with E-state index in [-0.39, 0.29) is 5.69 Å². The number of rotatable bonds is 5. The lowest BCUT2D eigenvalue weighted by Gasteiger charge is -2.10. The fourth-order valence-corrected chi connectivity index (χ4v) is 3.14. The molecule has 0 aliphatic heterocycles. The first kappa shape index (κ1) is 14.2. The van der Waals surface area contributed by atoms with Gasteiger partial charge < -0.3 is 5.73 Å². The van der Waals surface area contributed by atoms with Crippen LogP contribution in [0.1, 0.15) is 12.5 Å². The molecular formula is C12H15ClN4OS. The highest BCUT2D eigenvalue weighted by molar-refractivity contribution is 7.99. The number of nitrogens with one attached hydrogen (secondary N) is 1. The molecule has 1 heterocycles.